The van der Waals surface area contributed by atoms with Gasteiger partial charge in [0.15, 0.2) is 6.61 Å². The minimum Gasteiger partial charge on any atom is -0.483 e. The lowest BCUT2D eigenvalue weighted by atomic mass is 10.1. The summed E-state index contributed by atoms with van der Waals surface area (Å²) in [7, 11) is -3.78. The third-order valence-electron chi connectivity index (χ3n) is 6.35. The van der Waals surface area contributed by atoms with Crippen molar-refractivity contribution in [1.82, 2.24) is 4.90 Å². The van der Waals surface area contributed by atoms with E-state index in [1.165, 1.54) is 6.07 Å². The van der Waals surface area contributed by atoms with Crippen molar-refractivity contribution in [3.63, 3.8) is 0 Å². The highest BCUT2D eigenvalue weighted by molar-refractivity contribution is 7.92. The number of amides is 1. The van der Waals surface area contributed by atoms with Crippen molar-refractivity contribution in [3.05, 3.63) is 125 Å². The zero-order chi connectivity index (χ0) is 27.1. The molecule has 4 aromatic rings. The smallest absolute Gasteiger partial charge is 0.261 e. The van der Waals surface area contributed by atoms with Crippen LogP contribution in [0.2, 0.25) is 0 Å². The number of nitrogens with zero attached hydrogens (tertiary/aromatic N) is 1. The lowest BCUT2D eigenvalue weighted by Crippen LogP contribution is -2.34. The van der Waals surface area contributed by atoms with Gasteiger partial charge in [-0.2, -0.15) is 0 Å². The van der Waals surface area contributed by atoms with E-state index in [-0.39, 0.29) is 17.4 Å². The third-order valence-corrected chi connectivity index (χ3v) is 7.73. The van der Waals surface area contributed by atoms with Crippen molar-refractivity contribution < 1.29 is 17.9 Å². The molecular formula is C31H32N2O4S. The van der Waals surface area contributed by atoms with Gasteiger partial charge >= 0.3 is 0 Å². The molecule has 1 N–H and O–H groups in total. The van der Waals surface area contributed by atoms with E-state index in [2.05, 4.69) is 4.72 Å². The first-order valence-electron chi connectivity index (χ1n) is 12.4. The van der Waals surface area contributed by atoms with Gasteiger partial charge in [0.25, 0.3) is 15.9 Å². The van der Waals surface area contributed by atoms with Crippen LogP contribution in [0, 0.1) is 20.8 Å². The van der Waals surface area contributed by atoms with Crippen LogP contribution in [-0.2, 0) is 27.9 Å². The summed E-state index contributed by atoms with van der Waals surface area (Å²) >= 11 is 0. The molecule has 0 fully saturated rings. The Bertz CT molecular complexity index is 1460. The monoisotopic (exact) mass is 528 g/mol. The van der Waals surface area contributed by atoms with Crippen LogP contribution >= 0.6 is 0 Å². The predicted molar refractivity (Wildman–Crippen MR) is 151 cm³/mol. The Kier molecular flexibility index (Phi) is 8.48. The maximum Gasteiger partial charge on any atom is 0.261 e. The Balaban J connectivity index is 1.45. The molecule has 0 unspecified atom stereocenters. The average Bonchev–Trinajstić information content (AvgIpc) is 2.90. The Morgan fingerprint density at radius 2 is 1.34 bits per heavy atom. The van der Waals surface area contributed by atoms with E-state index < -0.39 is 10.0 Å². The Morgan fingerprint density at radius 3 is 1.89 bits per heavy atom. The molecule has 0 aliphatic carbocycles. The SMILES string of the molecule is Cc1ccc(NS(=O)(=O)c2ccc(OCC(=O)N(Cc3ccccc3)Cc3ccccc3)c(C)c2)cc1C. The van der Waals surface area contributed by atoms with Crippen LogP contribution in [0.3, 0.4) is 0 Å². The van der Waals surface area contributed by atoms with Crippen molar-refractivity contribution in [2.45, 2.75) is 38.8 Å². The van der Waals surface area contributed by atoms with E-state index >= 15 is 0 Å². The quantitative estimate of drug-likeness (QED) is 0.273. The fourth-order valence-corrected chi connectivity index (χ4v) is 5.17. The van der Waals surface area contributed by atoms with Crippen LogP contribution in [0.1, 0.15) is 27.8 Å². The zero-order valence-corrected chi connectivity index (χ0v) is 22.7. The molecule has 0 bridgehead atoms. The molecule has 0 saturated heterocycles. The normalized spacial score (nSPS) is 11.1. The first kappa shape index (κ1) is 26.9. The van der Waals surface area contributed by atoms with Gasteiger partial charge in [0.1, 0.15) is 5.75 Å². The number of hydrogen-bond acceptors (Lipinski definition) is 4. The molecule has 0 heterocycles. The molecule has 0 aliphatic rings. The van der Waals surface area contributed by atoms with Crippen LogP contribution in [0.25, 0.3) is 0 Å². The molecule has 0 saturated carbocycles. The summed E-state index contributed by atoms with van der Waals surface area (Å²) in [6, 6.07) is 29.7. The number of nitrogens with one attached hydrogen (secondary N) is 1. The van der Waals surface area contributed by atoms with Crippen molar-refractivity contribution in [3.8, 4) is 5.75 Å². The van der Waals surface area contributed by atoms with Crippen molar-refractivity contribution >= 4 is 21.6 Å². The molecule has 38 heavy (non-hydrogen) atoms. The zero-order valence-electron chi connectivity index (χ0n) is 21.8. The maximum absolute atomic E-state index is 13.2. The number of anilines is 1. The molecule has 4 rings (SSSR count). The second-order valence-electron chi connectivity index (χ2n) is 9.34. The molecule has 0 radical (unpaired) electrons. The van der Waals surface area contributed by atoms with Crippen LogP contribution in [-0.4, -0.2) is 25.8 Å². The standard InChI is InChI=1S/C31H32N2O4S/c1-23-14-15-28(18-24(23)2)32-38(35,36)29-16-17-30(25(3)19-29)37-22-31(34)33(20-26-10-6-4-7-11-26)21-27-12-8-5-9-13-27/h4-19,32H,20-22H2,1-3H3. The number of carbonyl (C=O) groups excluding carboxylic acids is 1. The van der Waals surface area contributed by atoms with Crippen LogP contribution in [0.4, 0.5) is 5.69 Å². The van der Waals surface area contributed by atoms with Crippen molar-refractivity contribution in [1.29, 1.82) is 0 Å². The first-order chi connectivity index (χ1) is 18.2. The average molecular weight is 529 g/mol. The van der Waals surface area contributed by atoms with Gasteiger partial charge < -0.3 is 9.64 Å². The highest BCUT2D eigenvalue weighted by Crippen LogP contribution is 2.25. The fraction of sp³-hybridized carbons (Fsp3) is 0.194. The summed E-state index contributed by atoms with van der Waals surface area (Å²) in [4.78, 5) is 15.1. The minimum absolute atomic E-state index is 0.127. The summed E-state index contributed by atoms with van der Waals surface area (Å²) in [5, 5.41) is 0. The molecule has 0 aromatic heterocycles. The van der Waals surface area contributed by atoms with Crippen molar-refractivity contribution in [2.24, 2.45) is 0 Å². The second kappa shape index (κ2) is 12.0. The Hall–Kier alpha value is -4.10. The summed E-state index contributed by atoms with van der Waals surface area (Å²) < 4.78 is 34.4. The lowest BCUT2D eigenvalue weighted by molar-refractivity contribution is -0.134. The van der Waals surface area contributed by atoms with Gasteiger partial charge in [-0.25, -0.2) is 8.42 Å². The molecule has 4 aromatic carbocycles. The highest BCUT2D eigenvalue weighted by atomic mass is 32.2. The number of sulfonamides is 1. The molecule has 0 atom stereocenters. The fourth-order valence-electron chi connectivity index (χ4n) is 4.04. The second-order valence-corrected chi connectivity index (χ2v) is 11.0. The summed E-state index contributed by atoms with van der Waals surface area (Å²) in [5.41, 5.74) is 5.28. The van der Waals surface area contributed by atoms with E-state index in [9.17, 15) is 13.2 Å². The van der Waals surface area contributed by atoms with E-state index in [4.69, 9.17) is 4.74 Å². The number of aryl methyl sites for hydroxylation is 3. The molecule has 1 amide bonds. The number of carbonyl (C=O) groups is 1. The van der Waals surface area contributed by atoms with Gasteiger partial charge in [0, 0.05) is 18.8 Å². The van der Waals surface area contributed by atoms with E-state index in [1.54, 1.807) is 36.1 Å². The topological polar surface area (TPSA) is 75.7 Å². The summed E-state index contributed by atoms with van der Waals surface area (Å²) in [5.74, 6) is 0.299. The van der Waals surface area contributed by atoms with Crippen LogP contribution in [0.15, 0.2) is 102 Å². The highest BCUT2D eigenvalue weighted by Gasteiger charge is 2.19. The van der Waals surface area contributed by atoms with Gasteiger partial charge in [-0.05, 0) is 78.9 Å². The first-order valence-corrected chi connectivity index (χ1v) is 13.9. The molecule has 0 aliphatic heterocycles. The molecule has 0 spiro atoms. The van der Waals surface area contributed by atoms with Gasteiger partial charge in [-0.3, -0.25) is 9.52 Å². The van der Waals surface area contributed by atoms with Crippen LogP contribution in [0.5, 0.6) is 5.75 Å². The van der Waals surface area contributed by atoms with E-state index in [0.717, 1.165) is 22.3 Å². The molecule has 7 heteroatoms. The Morgan fingerprint density at radius 1 is 0.737 bits per heavy atom. The number of hydrogen-bond donors (Lipinski definition) is 1. The minimum atomic E-state index is -3.78. The van der Waals surface area contributed by atoms with Gasteiger partial charge in [-0.15, -0.1) is 0 Å². The van der Waals surface area contributed by atoms with Gasteiger partial charge in [0.05, 0.1) is 4.90 Å². The summed E-state index contributed by atoms with van der Waals surface area (Å²) in [6.07, 6.45) is 0. The van der Waals surface area contributed by atoms with Gasteiger partial charge in [0.2, 0.25) is 0 Å². The largest absolute Gasteiger partial charge is 0.483 e. The van der Waals surface area contributed by atoms with Gasteiger partial charge in [-0.1, -0.05) is 66.7 Å². The number of ether oxygens (including phenoxy) is 1. The number of rotatable bonds is 10. The third kappa shape index (κ3) is 7.01. The van der Waals surface area contributed by atoms with E-state index in [0.29, 0.717) is 30.1 Å². The maximum atomic E-state index is 13.2. The Labute approximate surface area is 225 Å². The predicted octanol–water partition coefficient (Wildman–Crippen LogP) is 6.02. The molecule has 6 nitrogen and oxygen atoms in total. The molecular weight excluding hydrogens is 496 g/mol. The van der Waals surface area contributed by atoms with E-state index in [1.807, 2.05) is 80.6 Å². The number of benzene rings is 4. The summed E-state index contributed by atoms with van der Waals surface area (Å²) in [6.45, 7) is 6.43. The van der Waals surface area contributed by atoms with Crippen LogP contribution < -0.4 is 9.46 Å². The van der Waals surface area contributed by atoms with Crippen molar-refractivity contribution in [2.75, 3.05) is 11.3 Å². The lowest BCUT2D eigenvalue weighted by Gasteiger charge is -2.23. The molecule has 196 valence electrons.